The van der Waals surface area contributed by atoms with Crippen LogP contribution in [-0.4, -0.2) is 24.7 Å². The summed E-state index contributed by atoms with van der Waals surface area (Å²) >= 11 is 6.09. The minimum absolute atomic E-state index is 0.162. The average Bonchev–Trinajstić information content (AvgIpc) is 2.53. The van der Waals surface area contributed by atoms with E-state index in [1.165, 1.54) is 7.11 Å². The number of amides is 1. The number of hydrogen-bond donors (Lipinski definition) is 2. The smallest absolute Gasteiger partial charge is 0.262 e. The van der Waals surface area contributed by atoms with Crippen molar-refractivity contribution in [3.05, 3.63) is 53.1 Å². The van der Waals surface area contributed by atoms with Crippen LogP contribution in [0.5, 0.6) is 11.5 Å². The predicted octanol–water partition coefficient (Wildman–Crippen LogP) is 2.86. The Kier molecular flexibility index (Phi) is 5.63. The zero-order chi connectivity index (χ0) is 15.9. The van der Waals surface area contributed by atoms with E-state index in [2.05, 4.69) is 5.32 Å². The highest BCUT2D eigenvalue weighted by Gasteiger charge is 2.13. The van der Waals surface area contributed by atoms with E-state index < -0.39 is 0 Å². The summed E-state index contributed by atoms with van der Waals surface area (Å²) in [5.74, 6) is 0.323. The molecule has 6 heteroatoms. The van der Waals surface area contributed by atoms with Crippen molar-refractivity contribution in [2.75, 3.05) is 19.0 Å². The van der Waals surface area contributed by atoms with Crippen molar-refractivity contribution in [2.45, 2.75) is 6.61 Å². The maximum atomic E-state index is 11.9. The maximum absolute atomic E-state index is 11.9. The lowest BCUT2D eigenvalue weighted by molar-refractivity contribution is -0.118. The number of carbonyl (C=O) groups excluding carboxylic acids is 1. The fraction of sp³-hybridized carbons (Fsp3) is 0.188. The molecule has 0 heterocycles. The van der Waals surface area contributed by atoms with E-state index >= 15 is 0 Å². The van der Waals surface area contributed by atoms with Crippen LogP contribution >= 0.6 is 11.6 Å². The Morgan fingerprint density at radius 1 is 1.27 bits per heavy atom. The molecule has 0 radical (unpaired) electrons. The first-order valence-corrected chi connectivity index (χ1v) is 6.96. The van der Waals surface area contributed by atoms with Crippen molar-refractivity contribution >= 4 is 23.2 Å². The molecule has 0 saturated carbocycles. The molecule has 2 rings (SSSR count). The molecular formula is C16H16ClNO4. The maximum Gasteiger partial charge on any atom is 0.262 e. The van der Waals surface area contributed by atoms with Gasteiger partial charge in [0.25, 0.3) is 5.91 Å². The van der Waals surface area contributed by atoms with E-state index in [9.17, 15) is 4.79 Å². The highest BCUT2D eigenvalue weighted by Crippen LogP contribution is 2.36. The second-order valence-electron chi connectivity index (χ2n) is 4.47. The number of para-hydroxylation sites is 1. The van der Waals surface area contributed by atoms with E-state index in [-0.39, 0.29) is 29.9 Å². The minimum Gasteiger partial charge on any atom is -0.493 e. The van der Waals surface area contributed by atoms with Gasteiger partial charge in [-0.25, -0.2) is 0 Å². The Morgan fingerprint density at radius 2 is 2.00 bits per heavy atom. The summed E-state index contributed by atoms with van der Waals surface area (Å²) in [6.07, 6.45) is 0. The van der Waals surface area contributed by atoms with Crippen LogP contribution in [0.3, 0.4) is 0 Å². The third-order valence-corrected chi connectivity index (χ3v) is 3.16. The first-order chi connectivity index (χ1) is 10.6. The molecule has 0 saturated heterocycles. The van der Waals surface area contributed by atoms with Crippen LogP contribution in [-0.2, 0) is 11.4 Å². The molecule has 5 nitrogen and oxygen atoms in total. The molecule has 2 aromatic rings. The molecule has 0 unspecified atom stereocenters. The van der Waals surface area contributed by atoms with Gasteiger partial charge < -0.3 is 19.9 Å². The van der Waals surface area contributed by atoms with Crippen LogP contribution in [0.15, 0.2) is 42.5 Å². The second-order valence-corrected chi connectivity index (χ2v) is 4.88. The van der Waals surface area contributed by atoms with Gasteiger partial charge in [-0.1, -0.05) is 29.8 Å². The Hall–Kier alpha value is -2.24. The number of nitrogens with one attached hydrogen (secondary N) is 1. The third kappa shape index (κ3) is 4.13. The first-order valence-electron chi connectivity index (χ1n) is 6.59. The molecule has 0 bridgehead atoms. The summed E-state index contributed by atoms with van der Waals surface area (Å²) in [5, 5.41) is 12.1. The molecule has 0 aliphatic carbocycles. The number of rotatable bonds is 6. The number of hydrogen-bond acceptors (Lipinski definition) is 4. The van der Waals surface area contributed by atoms with Gasteiger partial charge in [-0.15, -0.1) is 0 Å². The molecule has 0 aliphatic rings. The van der Waals surface area contributed by atoms with Gasteiger partial charge in [0, 0.05) is 5.69 Å². The van der Waals surface area contributed by atoms with Gasteiger partial charge in [0.1, 0.15) is 0 Å². The van der Waals surface area contributed by atoms with Crippen LogP contribution in [0, 0.1) is 0 Å². The number of carbonyl (C=O) groups is 1. The van der Waals surface area contributed by atoms with Crippen molar-refractivity contribution < 1.29 is 19.4 Å². The lowest BCUT2D eigenvalue weighted by Gasteiger charge is -2.13. The number of halogens is 1. The Balaban J connectivity index is 2.03. The van der Waals surface area contributed by atoms with Crippen molar-refractivity contribution in [1.29, 1.82) is 0 Å². The van der Waals surface area contributed by atoms with Crippen molar-refractivity contribution in [1.82, 2.24) is 0 Å². The Labute approximate surface area is 133 Å². The van der Waals surface area contributed by atoms with E-state index in [1.54, 1.807) is 24.3 Å². The van der Waals surface area contributed by atoms with Crippen LogP contribution in [0.2, 0.25) is 5.02 Å². The highest BCUT2D eigenvalue weighted by molar-refractivity contribution is 6.32. The van der Waals surface area contributed by atoms with Crippen LogP contribution in [0.25, 0.3) is 0 Å². The van der Waals surface area contributed by atoms with Gasteiger partial charge >= 0.3 is 0 Å². The lowest BCUT2D eigenvalue weighted by atomic mass is 10.2. The highest BCUT2D eigenvalue weighted by atomic mass is 35.5. The van der Waals surface area contributed by atoms with Crippen LogP contribution < -0.4 is 14.8 Å². The molecule has 116 valence electrons. The summed E-state index contributed by atoms with van der Waals surface area (Å²) < 4.78 is 10.6. The quantitative estimate of drug-likeness (QED) is 0.858. The predicted molar refractivity (Wildman–Crippen MR) is 84.5 cm³/mol. The largest absolute Gasteiger partial charge is 0.493 e. The molecular weight excluding hydrogens is 306 g/mol. The van der Waals surface area contributed by atoms with Crippen LogP contribution in [0.4, 0.5) is 5.69 Å². The minimum atomic E-state index is -0.310. The monoisotopic (exact) mass is 321 g/mol. The molecule has 0 spiro atoms. The Morgan fingerprint density at radius 3 is 2.64 bits per heavy atom. The molecule has 2 N–H and O–H groups in total. The Bertz CT molecular complexity index is 646. The summed E-state index contributed by atoms with van der Waals surface area (Å²) in [6.45, 7) is -0.367. The number of aliphatic hydroxyl groups excluding tert-OH is 1. The van der Waals surface area contributed by atoms with Crippen LogP contribution in [0.1, 0.15) is 5.56 Å². The fourth-order valence-corrected chi connectivity index (χ4v) is 2.15. The van der Waals surface area contributed by atoms with Gasteiger partial charge in [-0.3, -0.25) is 4.79 Å². The SMILES string of the molecule is COc1cc(CO)cc(Cl)c1OCC(=O)Nc1ccccc1. The molecule has 1 amide bonds. The van der Waals surface area contributed by atoms with Crippen molar-refractivity contribution in [2.24, 2.45) is 0 Å². The van der Waals surface area contributed by atoms with Gasteiger partial charge in [0.05, 0.1) is 18.7 Å². The van der Waals surface area contributed by atoms with E-state index in [0.717, 1.165) is 0 Å². The number of methoxy groups -OCH3 is 1. The zero-order valence-electron chi connectivity index (χ0n) is 12.0. The summed E-state index contributed by atoms with van der Waals surface area (Å²) in [4.78, 5) is 11.9. The molecule has 0 aromatic heterocycles. The van der Waals surface area contributed by atoms with E-state index in [1.807, 2.05) is 18.2 Å². The number of anilines is 1. The fourth-order valence-electron chi connectivity index (χ4n) is 1.86. The topological polar surface area (TPSA) is 67.8 Å². The van der Waals surface area contributed by atoms with E-state index in [4.69, 9.17) is 26.2 Å². The number of aliphatic hydroxyl groups is 1. The zero-order valence-corrected chi connectivity index (χ0v) is 12.8. The second kappa shape index (κ2) is 7.68. The van der Waals surface area contributed by atoms with E-state index in [0.29, 0.717) is 17.0 Å². The number of ether oxygens (including phenoxy) is 2. The lowest BCUT2D eigenvalue weighted by Crippen LogP contribution is -2.20. The molecule has 0 aliphatic heterocycles. The number of benzene rings is 2. The average molecular weight is 322 g/mol. The standard InChI is InChI=1S/C16H16ClNO4/c1-21-14-8-11(9-19)7-13(17)16(14)22-10-15(20)18-12-5-3-2-4-6-12/h2-8,19H,9-10H2,1H3,(H,18,20). The van der Waals surface area contributed by atoms with Gasteiger partial charge in [-0.2, -0.15) is 0 Å². The van der Waals surface area contributed by atoms with Crippen molar-refractivity contribution in [3.8, 4) is 11.5 Å². The normalized spacial score (nSPS) is 10.1. The molecule has 2 aromatic carbocycles. The van der Waals surface area contributed by atoms with Gasteiger partial charge in [0.2, 0.25) is 0 Å². The third-order valence-electron chi connectivity index (χ3n) is 2.88. The summed E-state index contributed by atoms with van der Waals surface area (Å²) in [5.41, 5.74) is 1.28. The molecule has 0 fully saturated rings. The summed E-state index contributed by atoms with van der Waals surface area (Å²) in [7, 11) is 1.46. The molecule has 22 heavy (non-hydrogen) atoms. The molecule has 0 atom stereocenters. The first kappa shape index (κ1) is 16.1. The van der Waals surface area contributed by atoms with Gasteiger partial charge in [0.15, 0.2) is 18.1 Å². The van der Waals surface area contributed by atoms with Gasteiger partial charge in [-0.05, 0) is 29.8 Å². The summed E-state index contributed by atoms with van der Waals surface area (Å²) in [6, 6.07) is 12.2. The van der Waals surface area contributed by atoms with Crippen molar-refractivity contribution in [3.63, 3.8) is 0 Å².